The molecule has 6 rings (SSSR count). The molecule has 1 aliphatic heterocycles. The first-order valence-corrected chi connectivity index (χ1v) is 18.5. The number of benzene rings is 2. The molecule has 2 amide bonds. The van der Waals surface area contributed by atoms with Crippen LogP contribution in [0.2, 0.25) is 0 Å². The third kappa shape index (κ3) is 8.31. The molecule has 52 heavy (non-hydrogen) atoms. The van der Waals surface area contributed by atoms with Crippen molar-refractivity contribution in [3.05, 3.63) is 95.2 Å². The Morgan fingerprint density at radius 1 is 1.15 bits per heavy atom. The number of likely N-dealkylation sites (N-methyl/N-ethyl adjacent to an activating group) is 1. The van der Waals surface area contributed by atoms with Gasteiger partial charge in [-0.05, 0) is 61.0 Å². The minimum Gasteiger partial charge on any atom is -0.496 e. The van der Waals surface area contributed by atoms with E-state index < -0.39 is 24.2 Å². The van der Waals surface area contributed by atoms with Gasteiger partial charge < -0.3 is 30.5 Å². The van der Waals surface area contributed by atoms with E-state index in [1.807, 2.05) is 68.7 Å². The molecule has 3 saturated carbocycles. The van der Waals surface area contributed by atoms with Gasteiger partial charge in [0.1, 0.15) is 17.9 Å². The van der Waals surface area contributed by atoms with Gasteiger partial charge >= 0.3 is 0 Å². The third-order valence-corrected chi connectivity index (χ3v) is 11.9. The summed E-state index contributed by atoms with van der Waals surface area (Å²) in [5, 5.41) is 29.1. The smallest absolute Gasteiger partial charge is 0.253 e. The summed E-state index contributed by atoms with van der Waals surface area (Å²) in [5.41, 5.74) is 3.98. The molecule has 10 nitrogen and oxygen atoms in total. The van der Waals surface area contributed by atoms with Gasteiger partial charge in [0.2, 0.25) is 5.91 Å². The summed E-state index contributed by atoms with van der Waals surface area (Å²) < 4.78 is 5.91. The molecule has 2 aromatic rings. The molecule has 3 aliphatic carbocycles. The monoisotopic (exact) mass is 714 g/mol. The van der Waals surface area contributed by atoms with Crippen molar-refractivity contribution in [2.75, 3.05) is 34.4 Å². The van der Waals surface area contributed by atoms with Gasteiger partial charge in [-0.25, -0.2) is 0 Å². The van der Waals surface area contributed by atoms with Crippen LogP contribution in [0.4, 0.5) is 0 Å². The summed E-state index contributed by atoms with van der Waals surface area (Å²) in [6.07, 6.45) is 6.63. The molecule has 10 heteroatoms. The topological polar surface area (TPSA) is 124 Å². The molecule has 1 heterocycles. The molecule has 4 N–H and O–H groups in total. The van der Waals surface area contributed by atoms with Crippen LogP contribution in [0.25, 0.3) is 6.08 Å². The van der Waals surface area contributed by atoms with E-state index in [4.69, 9.17) is 9.57 Å². The zero-order valence-corrected chi connectivity index (χ0v) is 31.8. The standard InChI is InChI=1S/C42H58N4O6/c1-26-34-22-32(42(34,4)5)23-35(26)44-41(50)38-37(28(3)48)36(25-47)52-46(38)24-31-18-12-16-30(39(31)51-8)17-13-19-33(27(2)45(6)7)40(49)43-21-20-29-14-10-9-11-15-29/h9-19,26,28,32,34-38,47-48H,2,20-25H2,1,3-8H3,(H,43,49)(H,44,50)/b17-13+,33-19+/t26-,28-,32+,34-,35-,36-,37-,38-/m0/s1. The maximum Gasteiger partial charge on any atom is 0.253 e. The molecule has 0 unspecified atom stereocenters. The van der Waals surface area contributed by atoms with Crippen molar-refractivity contribution in [2.24, 2.45) is 29.1 Å². The summed E-state index contributed by atoms with van der Waals surface area (Å²) in [6.45, 7) is 13.0. The van der Waals surface area contributed by atoms with E-state index >= 15 is 0 Å². The number of allylic oxidation sites excluding steroid dienone is 2. The predicted octanol–water partition coefficient (Wildman–Crippen LogP) is 4.73. The van der Waals surface area contributed by atoms with Gasteiger partial charge in [0.15, 0.2) is 0 Å². The lowest BCUT2D eigenvalue weighted by molar-refractivity contribution is -0.183. The molecule has 2 bridgehead atoms. The van der Waals surface area contributed by atoms with E-state index in [-0.39, 0.29) is 36.4 Å². The first kappa shape index (κ1) is 39.3. The molecule has 0 aromatic heterocycles. The van der Waals surface area contributed by atoms with Crippen molar-refractivity contribution >= 4 is 17.9 Å². The highest BCUT2D eigenvalue weighted by molar-refractivity contribution is 5.97. The van der Waals surface area contributed by atoms with Crippen LogP contribution in [0.5, 0.6) is 5.75 Å². The average Bonchev–Trinajstić information content (AvgIpc) is 3.49. The zero-order valence-electron chi connectivity index (χ0n) is 31.8. The van der Waals surface area contributed by atoms with Gasteiger partial charge in [0.05, 0.1) is 31.9 Å². The fourth-order valence-electron chi connectivity index (χ4n) is 8.61. The van der Waals surface area contributed by atoms with Crippen molar-refractivity contribution in [3.8, 4) is 5.75 Å². The van der Waals surface area contributed by atoms with Gasteiger partial charge in [-0.3, -0.25) is 14.4 Å². The molecule has 2 aromatic carbocycles. The number of fused-ring (bicyclic) bond motifs is 2. The van der Waals surface area contributed by atoms with Crippen LogP contribution in [-0.2, 0) is 27.4 Å². The van der Waals surface area contributed by atoms with E-state index in [1.165, 1.54) is 6.42 Å². The van der Waals surface area contributed by atoms with Crippen LogP contribution >= 0.6 is 0 Å². The Kier molecular flexibility index (Phi) is 12.7. The van der Waals surface area contributed by atoms with E-state index in [0.29, 0.717) is 47.7 Å². The van der Waals surface area contributed by atoms with Crippen LogP contribution in [0.15, 0.2) is 78.5 Å². The number of carbonyl (C=O) groups excluding carboxylic acids is 2. The highest BCUT2D eigenvalue weighted by Gasteiger charge is 2.57. The van der Waals surface area contributed by atoms with Gasteiger partial charge in [0.25, 0.3) is 5.91 Å². The number of nitrogens with zero attached hydrogens (tertiary/aromatic N) is 2. The molecule has 1 saturated heterocycles. The number of aliphatic hydroxyl groups excluding tert-OH is 2. The van der Waals surface area contributed by atoms with E-state index in [0.717, 1.165) is 23.1 Å². The lowest BCUT2D eigenvalue weighted by atomic mass is 9.45. The summed E-state index contributed by atoms with van der Waals surface area (Å²) in [7, 11) is 5.28. The lowest BCUT2D eigenvalue weighted by Crippen LogP contribution is -2.62. The normalized spacial score (nSPS) is 27.5. The summed E-state index contributed by atoms with van der Waals surface area (Å²) in [4.78, 5) is 35.4. The Morgan fingerprint density at radius 3 is 2.50 bits per heavy atom. The fraction of sp³-hybridized carbons (Fsp3) is 0.524. The number of hydrogen-bond acceptors (Lipinski definition) is 8. The number of nitrogens with one attached hydrogen (secondary N) is 2. The number of hydroxylamine groups is 2. The first-order valence-electron chi connectivity index (χ1n) is 18.5. The highest BCUT2D eigenvalue weighted by Crippen LogP contribution is 2.61. The van der Waals surface area contributed by atoms with Crippen molar-refractivity contribution in [3.63, 3.8) is 0 Å². The summed E-state index contributed by atoms with van der Waals surface area (Å²) in [5.74, 6) is 1.01. The fourth-order valence-corrected chi connectivity index (χ4v) is 8.61. The van der Waals surface area contributed by atoms with Crippen LogP contribution in [0.3, 0.4) is 0 Å². The maximum atomic E-state index is 14.1. The summed E-state index contributed by atoms with van der Waals surface area (Å²) in [6, 6.07) is 15.0. The first-order chi connectivity index (χ1) is 24.8. The zero-order chi connectivity index (χ0) is 37.7. The predicted molar refractivity (Wildman–Crippen MR) is 204 cm³/mol. The molecular formula is C42H58N4O6. The van der Waals surface area contributed by atoms with Crippen molar-refractivity contribution in [1.82, 2.24) is 20.6 Å². The van der Waals surface area contributed by atoms with E-state index in [2.05, 4.69) is 38.0 Å². The number of methoxy groups -OCH3 is 1. The third-order valence-electron chi connectivity index (χ3n) is 11.9. The van der Waals surface area contributed by atoms with Gasteiger partial charge in [-0.2, -0.15) is 5.06 Å². The second-order valence-corrected chi connectivity index (χ2v) is 15.5. The largest absolute Gasteiger partial charge is 0.496 e. The van der Waals surface area contributed by atoms with E-state index in [1.54, 1.807) is 36.1 Å². The van der Waals surface area contributed by atoms with E-state index in [9.17, 15) is 19.8 Å². The van der Waals surface area contributed by atoms with Crippen LogP contribution in [0, 0.1) is 29.1 Å². The molecule has 8 atom stereocenters. The molecule has 4 fully saturated rings. The number of carbonyl (C=O) groups is 2. The van der Waals surface area contributed by atoms with Crippen molar-refractivity contribution < 1.29 is 29.4 Å². The highest BCUT2D eigenvalue weighted by atomic mass is 16.7. The number of aliphatic hydroxyl groups is 2. The second kappa shape index (κ2) is 16.8. The molecular weight excluding hydrogens is 656 g/mol. The maximum absolute atomic E-state index is 14.1. The minimum absolute atomic E-state index is 0.0458. The van der Waals surface area contributed by atoms with Gasteiger partial charge in [-0.15, -0.1) is 0 Å². The molecule has 0 radical (unpaired) electrons. The number of amides is 2. The Bertz CT molecular complexity index is 1640. The number of para-hydroxylation sites is 1. The second-order valence-electron chi connectivity index (χ2n) is 15.5. The van der Waals surface area contributed by atoms with Crippen LogP contribution < -0.4 is 15.4 Å². The van der Waals surface area contributed by atoms with Crippen molar-refractivity contribution in [2.45, 2.75) is 77.8 Å². The number of ether oxygens (including phenoxy) is 1. The van der Waals surface area contributed by atoms with Gasteiger partial charge in [0, 0.05) is 49.4 Å². The number of rotatable bonds is 15. The Balaban J connectivity index is 1.34. The van der Waals surface area contributed by atoms with Crippen molar-refractivity contribution in [1.29, 1.82) is 0 Å². The summed E-state index contributed by atoms with van der Waals surface area (Å²) >= 11 is 0. The van der Waals surface area contributed by atoms with Crippen LogP contribution in [-0.4, -0.2) is 90.6 Å². The van der Waals surface area contributed by atoms with Crippen LogP contribution in [0.1, 0.15) is 57.2 Å². The lowest BCUT2D eigenvalue weighted by Gasteiger charge is -2.62. The average molecular weight is 715 g/mol. The van der Waals surface area contributed by atoms with Gasteiger partial charge in [-0.1, -0.05) is 88.0 Å². The quantitative estimate of drug-likeness (QED) is 0.154. The molecule has 0 spiro atoms. The Hall–Kier alpha value is -3.96. The minimum atomic E-state index is -0.890. The molecule has 282 valence electrons. The SMILES string of the molecule is C=C(/C(=C\C=C\c1cccc(CN2O[C@@H](CO)[C@H]([C@H](C)O)[C@H]2C(=O)N[C@H]2C[C@H]3C[C@@H]([C@@H]2C)C3(C)C)c1OC)C(=O)NCCc1ccccc1)N(C)C. The molecule has 4 aliphatic rings. The number of hydrogen-bond donors (Lipinski definition) is 4. The Labute approximate surface area is 309 Å². The Morgan fingerprint density at radius 2 is 1.88 bits per heavy atom.